The molecular weight excluding hydrogens is 202 g/mol. The van der Waals surface area contributed by atoms with Gasteiger partial charge in [0.15, 0.2) is 0 Å². The number of para-hydroxylation sites is 1. The molecule has 1 unspecified atom stereocenters. The van der Waals surface area contributed by atoms with E-state index in [-0.39, 0.29) is 6.10 Å². The molecule has 1 aliphatic rings. The Bertz CT molecular complexity index is 403. The van der Waals surface area contributed by atoms with Gasteiger partial charge < -0.3 is 9.47 Å². The van der Waals surface area contributed by atoms with Crippen molar-refractivity contribution in [1.29, 1.82) is 5.26 Å². The minimum absolute atomic E-state index is 0.186. The van der Waals surface area contributed by atoms with Crippen molar-refractivity contribution in [2.75, 3.05) is 13.2 Å². The van der Waals surface area contributed by atoms with E-state index in [1.165, 1.54) is 0 Å². The summed E-state index contributed by atoms with van der Waals surface area (Å²) in [4.78, 5) is 0. The number of benzene rings is 1. The standard InChI is InChI=1S/C13H15NO2/c1-10-4-2-5-11(8-14)13(10)16-9-12-6-3-7-15-12/h2,4-5,12H,3,6-7,9H2,1H3. The maximum absolute atomic E-state index is 8.97. The molecule has 84 valence electrons. The van der Waals surface area contributed by atoms with E-state index in [2.05, 4.69) is 6.07 Å². The van der Waals surface area contributed by atoms with Crippen LogP contribution in [0.15, 0.2) is 18.2 Å². The first kappa shape index (κ1) is 11.0. The third-order valence-corrected chi connectivity index (χ3v) is 2.77. The van der Waals surface area contributed by atoms with Crippen molar-refractivity contribution in [2.45, 2.75) is 25.9 Å². The number of rotatable bonds is 3. The first-order valence-electron chi connectivity index (χ1n) is 5.55. The Morgan fingerprint density at radius 2 is 2.44 bits per heavy atom. The minimum Gasteiger partial charge on any atom is -0.489 e. The second-order valence-corrected chi connectivity index (χ2v) is 4.01. The molecule has 0 spiro atoms. The lowest BCUT2D eigenvalue weighted by molar-refractivity contribution is 0.0676. The Hall–Kier alpha value is -1.53. The van der Waals surface area contributed by atoms with Gasteiger partial charge in [-0.25, -0.2) is 0 Å². The number of aryl methyl sites for hydroxylation is 1. The minimum atomic E-state index is 0.186. The van der Waals surface area contributed by atoms with Gasteiger partial charge in [0.1, 0.15) is 18.4 Å². The second-order valence-electron chi connectivity index (χ2n) is 4.01. The summed E-state index contributed by atoms with van der Waals surface area (Å²) in [7, 11) is 0. The van der Waals surface area contributed by atoms with Crippen LogP contribution in [-0.4, -0.2) is 19.3 Å². The zero-order chi connectivity index (χ0) is 11.4. The summed E-state index contributed by atoms with van der Waals surface area (Å²) >= 11 is 0. The summed E-state index contributed by atoms with van der Waals surface area (Å²) in [5.74, 6) is 0.695. The smallest absolute Gasteiger partial charge is 0.140 e. The number of hydrogen-bond acceptors (Lipinski definition) is 3. The lowest BCUT2D eigenvalue weighted by Crippen LogP contribution is -2.17. The molecule has 1 saturated heterocycles. The van der Waals surface area contributed by atoms with Crippen molar-refractivity contribution in [2.24, 2.45) is 0 Å². The highest BCUT2D eigenvalue weighted by Gasteiger charge is 2.17. The van der Waals surface area contributed by atoms with Crippen molar-refractivity contribution < 1.29 is 9.47 Å². The van der Waals surface area contributed by atoms with Gasteiger partial charge in [0.25, 0.3) is 0 Å². The van der Waals surface area contributed by atoms with Crippen LogP contribution in [0.3, 0.4) is 0 Å². The number of ether oxygens (including phenoxy) is 2. The average molecular weight is 217 g/mol. The van der Waals surface area contributed by atoms with E-state index in [9.17, 15) is 0 Å². The normalized spacial score (nSPS) is 19.4. The van der Waals surface area contributed by atoms with Crippen LogP contribution in [0.2, 0.25) is 0 Å². The molecular formula is C13H15NO2. The summed E-state index contributed by atoms with van der Waals surface area (Å²) in [6, 6.07) is 7.74. The highest BCUT2D eigenvalue weighted by atomic mass is 16.5. The average Bonchev–Trinajstić information content (AvgIpc) is 2.80. The molecule has 1 aliphatic heterocycles. The fourth-order valence-electron chi connectivity index (χ4n) is 1.88. The quantitative estimate of drug-likeness (QED) is 0.780. The molecule has 0 aromatic heterocycles. The van der Waals surface area contributed by atoms with Crippen molar-refractivity contribution in [3.63, 3.8) is 0 Å². The topological polar surface area (TPSA) is 42.2 Å². The lowest BCUT2D eigenvalue weighted by atomic mass is 10.1. The van der Waals surface area contributed by atoms with E-state index in [0.717, 1.165) is 25.0 Å². The van der Waals surface area contributed by atoms with Crippen molar-refractivity contribution >= 4 is 0 Å². The number of hydrogen-bond donors (Lipinski definition) is 0. The van der Waals surface area contributed by atoms with Crippen LogP contribution < -0.4 is 4.74 Å². The van der Waals surface area contributed by atoms with Crippen LogP contribution in [0.5, 0.6) is 5.75 Å². The van der Waals surface area contributed by atoms with Crippen LogP contribution in [0, 0.1) is 18.3 Å². The maximum atomic E-state index is 8.97. The predicted octanol–water partition coefficient (Wildman–Crippen LogP) is 2.42. The van der Waals surface area contributed by atoms with Crippen LogP contribution in [0.1, 0.15) is 24.0 Å². The highest BCUT2D eigenvalue weighted by molar-refractivity contribution is 5.47. The van der Waals surface area contributed by atoms with E-state index in [0.29, 0.717) is 17.9 Å². The summed E-state index contributed by atoms with van der Waals surface area (Å²) in [6.07, 6.45) is 2.34. The van der Waals surface area contributed by atoms with Gasteiger partial charge in [-0.15, -0.1) is 0 Å². The molecule has 16 heavy (non-hydrogen) atoms. The van der Waals surface area contributed by atoms with Gasteiger partial charge in [0.05, 0.1) is 11.7 Å². The van der Waals surface area contributed by atoms with E-state index in [1.807, 2.05) is 19.1 Å². The summed E-state index contributed by atoms with van der Waals surface area (Å²) in [5, 5.41) is 8.97. The highest BCUT2D eigenvalue weighted by Crippen LogP contribution is 2.23. The van der Waals surface area contributed by atoms with Gasteiger partial charge >= 0.3 is 0 Å². The Balaban J connectivity index is 2.05. The van der Waals surface area contributed by atoms with Crippen molar-refractivity contribution in [1.82, 2.24) is 0 Å². The van der Waals surface area contributed by atoms with Crippen molar-refractivity contribution in [3.05, 3.63) is 29.3 Å². The number of nitrogens with zero attached hydrogens (tertiary/aromatic N) is 1. The molecule has 0 radical (unpaired) electrons. The molecule has 1 atom stereocenters. The van der Waals surface area contributed by atoms with Crippen molar-refractivity contribution in [3.8, 4) is 11.8 Å². The summed E-state index contributed by atoms with van der Waals surface area (Å²) < 4.78 is 11.2. The Morgan fingerprint density at radius 3 is 3.12 bits per heavy atom. The molecule has 0 N–H and O–H groups in total. The molecule has 1 aromatic rings. The molecule has 0 aliphatic carbocycles. The van der Waals surface area contributed by atoms with Crippen LogP contribution in [-0.2, 0) is 4.74 Å². The molecule has 3 nitrogen and oxygen atoms in total. The van der Waals surface area contributed by atoms with Gasteiger partial charge in [-0.2, -0.15) is 5.26 Å². The lowest BCUT2D eigenvalue weighted by Gasteiger charge is -2.14. The predicted molar refractivity (Wildman–Crippen MR) is 60.4 cm³/mol. The van der Waals surface area contributed by atoms with Gasteiger partial charge in [0, 0.05) is 6.61 Å². The third kappa shape index (κ3) is 2.34. The number of nitriles is 1. The Labute approximate surface area is 95.6 Å². The SMILES string of the molecule is Cc1cccc(C#N)c1OCC1CCCO1. The summed E-state index contributed by atoms with van der Waals surface area (Å²) in [6.45, 7) is 3.32. The van der Waals surface area contributed by atoms with E-state index in [4.69, 9.17) is 14.7 Å². The van der Waals surface area contributed by atoms with E-state index in [1.54, 1.807) is 6.07 Å². The Morgan fingerprint density at radius 1 is 1.56 bits per heavy atom. The van der Waals surface area contributed by atoms with Gasteiger partial charge in [-0.05, 0) is 31.4 Å². The first-order valence-corrected chi connectivity index (χ1v) is 5.55. The maximum Gasteiger partial charge on any atom is 0.140 e. The molecule has 0 bridgehead atoms. The molecule has 3 heteroatoms. The van der Waals surface area contributed by atoms with Gasteiger partial charge in [-0.3, -0.25) is 0 Å². The third-order valence-electron chi connectivity index (χ3n) is 2.77. The monoisotopic (exact) mass is 217 g/mol. The fourth-order valence-corrected chi connectivity index (χ4v) is 1.88. The van der Waals surface area contributed by atoms with Crippen LogP contribution in [0.25, 0.3) is 0 Å². The molecule has 1 aromatic carbocycles. The largest absolute Gasteiger partial charge is 0.489 e. The van der Waals surface area contributed by atoms with E-state index >= 15 is 0 Å². The zero-order valence-electron chi connectivity index (χ0n) is 9.40. The van der Waals surface area contributed by atoms with Gasteiger partial charge in [0.2, 0.25) is 0 Å². The van der Waals surface area contributed by atoms with Crippen LogP contribution in [0.4, 0.5) is 0 Å². The van der Waals surface area contributed by atoms with Gasteiger partial charge in [-0.1, -0.05) is 12.1 Å². The van der Waals surface area contributed by atoms with E-state index < -0.39 is 0 Å². The molecule has 1 heterocycles. The molecule has 0 amide bonds. The molecule has 2 rings (SSSR count). The fraction of sp³-hybridized carbons (Fsp3) is 0.462. The summed E-state index contributed by atoms with van der Waals surface area (Å²) in [5.41, 5.74) is 1.59. The first-order chi connectivity index (χ1) is 7.81. The molecule has 0 saturated carbocycles. The second kappa shape index (κ2) is 5.00. The Kier molecular flexibility index (Phi) is 3.43. The van der Waals surface area contributed by atoms with Crippen LogP contribution >= 0.6 is 0 Å². The molecule has 1 fully saturated rings. The zero-order valence-corrected chi connectivity index (χ0v) is 9.40.